The number of rotatable bonds is 1. The standard InChI is InChI=1S/C8H15I/c1-2-7-4-3-5-8(9)6-7/h7-8H,2-6H2,1H3/t7?,8-/m1/s1. The second-order valence-corrected chi connectivity index (χ2v) is 4.80. The lowest BCUT2D eigenvalue weighted by molar-refractivity contribution is 0.364. The van der Waals surface area contributed by atoms with E-state index in [1.165, 1.54) is 32.1 Å². The fourth-order valence-corrected chi connectivity index (χ4v) is 2.76. The second-order valence-electron chi connectivity index (χ2n) is 3.04. The van der Waals surface area contributed by atoms with Crippen LogP contribution in [-0.4, -0.2) is 3.92 Å². The summed E-state index contributed by atoms with van der Waals surface area (Å²) in [5.41, 5.74) is 0. The Labute approximate surface area is 71.5 Å². The van der Waals surface area contributed by atoms with Crippen molar-refractivity contribution in [2.24, 2.45) is 5.92 Å². The van der Waals surface area contributed by atoms with Gasteiger partial charge in [-0.15, -0.1) is 0 Å². The average molecular weight is 238 g/mol. The number of halogens is 1. The van der Waals surface area contributed by atoms with Crippen LogP contribution in [0.5, 0.6) is 0 Å². The average Bonchev–Trinajstić information content (AvgIpc) is 1.88. The Balaban J connectivity index is 2.23. The highest BCUT2D eigenvalue weighted by molar-refractivity contribution is 14.1. The fourth-order valence-electron chi connectivity index (χ4n) is 1.60. The van der Waals surface area contributed by atoms with E-state index in [-0.39, 0.29) is 0 Å². The number of hydrogen-bond acceptors (Lipinski definition) is 0. The largest absolute Gasteiger partial charge is 0.0826 e. The van der Waals surface area contributed by atoms with Crippen molar-refractivity contribution >= 4 is 22.6 Å². The third-order valence-electron chi connectivity index (χ3n) is 2.30. The molecule has 0 nitrogen and oxygen atoms in total. The quantitative estimate of drug-likeness (QED) is 0.485. The smallest absolute Gasteiger partial charge is 0.0112 e. The minimum atomic E-state index is 0.987. The van der Waals surface area contributed by atoms with Gasteiger partial charge in [-0.25, -0.2) is 0 Å². The Morgan fingerprint density at radius 3 is 2.67 bits per heavy atom. The molecule has 54 valence electrons. The minimum absolute atomic E-state index is 0.987. The van der Waals surface area contributed by atoms with E-state index in [0.29, 0.717) is 0 Å². The van der Waals surface area contributed by atoms with Gasteiger partial charge in [0.2, 0.25) is 0 Å². The lowest BCUT2D eigenvalue weighted by atomic mass is 9.88. The Hall–Kier alpha value is 0.730. The third-order valence-corrected chi connectivity index (χ3v) is 3.43. The van der Waals surface area contributed by atoms with Gasteiger partial charge >= 0.3 is 0 Å². The summed E-state index contributed by atoms with van der Waals surface area (Å²) < 4.78 is 0.987. The summed E-state index contributed by atoms with van der Waals surface area (Å²) in [6.07, 6.45) is 7.33. The van der Waals surface area contributed by atoms with Gasteiger partial charge in [-0.1, -0.05) is 48.8 Å². The zero-order valence-corrected chi connectivity index (χ0v) is 8.23. The Kier molecular flexibility index (Phi) is 3.30. The van der Waals surface area contributed by atoms with Gasteiger partial charge in [0, 0.05) is 3.92 Å². The Morgan fingerprint density at radius 2 is 2.22 bits per heavy atom. The molecule has 1 aliphatic carbocycles. The lowest BCUT2D eigenvalue weighted by Crippen LogP contribution is -2.13. The van der Waals surface area contributed by atoms with E-state index in [9.17, 15) is 0 Å². The van der Waals surface area contributed by atoms with Crippen molar-refractivity contribution in [1.29, 1.82) is 0 Å². The number of hydrogen-bond donors (Lipinski definition) is 0. The highest BCUT2D eigenvalue weighted by Crippen LogP contribution is 2.30. The van der Waals surface area contributed by atoms with E-state index in [4.69, 9.17) is 0 Å². The lowest BCUT2D eigenvalue weighted by Gasteiger charge is -2.24. The van der Waals surface area contributed by atoms with Crippen molar-refractivity contribution in [2.45, 2.75) is 43.0 Å². The van der Waals surface area contributed by atoms with Crippen LogP contribution in [0.15, 0.2) is 0 Å². The summed E-state index contributed by atoms with van der Waals surface area (Å²) >= 11 is 2.60. The SMILES string of the molecule is CCC1CCC[C@@H](I)C1. The summed E-state index contributed by atoms with van der Waals surface area (Å²) in [6, 6.07) is 0. The molecule has 9 heavy (non-hydrogen) atoms. The summed E-state index contributed by atoms with van der Waals surface area (Å²) in [5, 5.41) is 0. The van der Waals surface area contributed by atoms with Gasteiger partial charge in [0.25, 0.3) is 0 Å². The molecular weight excluding hydrogens is 223 g/mol. The van der Waals surface area contributed by atoms with Crippen LogP contribution < -0.4 is 0 Å². The summed E-state index contributed by atoms with van der Waals surface area (Å²) in [6.45, 7) is 2.32. The van der Waals surface area contributed by atoms with Crippen LogP contribution in [0.4, 0.5) is 0 Å². The maximum absolute atomic E-state index is 2.60. The molecule has 1 heteroatoms. The van der Waals surface area contributed by atoms with Crippen molar-refractivity contribution in [3.05, 3.63) is 0 Å². The first-order valence-corrected chi connectivity index (χ1v) is 5.21. The van der Waals surface area contributed by atoms with Crippen LogP contribution in [0.1, 0.15) is 39.0 Å². The van der Waals surface area contributed by atoms with Crippen molar-refractivity contribution in [3.8, 4) is 0 Å². The van der Waals surface area contributed by atoms with Gasteiger partial charge in [-0.05, 0) is 18.8 Å². The van der Waals surface area contributed by atoms with E-state index < -0.39 is 0 Å². The molecular formula is C8H15I. The number of alkyl halides is 1. The first-order valence-electron chi connectivity index (χ1n) is 3.97. The molecule has 1 rings (SSSR count). The van der Waals surface area contributed by atoms with E-state index in [1.807, 2.05) is 0 Å². The van der Waals surface area contributed by atoms with Crippen molar-refractivity contribution in [3.63, 3.8) is 0 Å². The van der Waals surface area contributed by atoms with Crippen molar-refractivity contribution in [2.75, 3.05) is 0 Å². The molecule has 1 saturated carbocycles. The highest BCUT2D eigenvalue weighted by atomic mass is 127. The molecule has 1 fully saturated rings. The van der Waals surface area contributed by atoms with E-state index >= 15 is 0 Å². The van der Waals surface area contributed by atoms with E-state index in [0.717, 1.165) is 9.84 Å². The van der Waals surface area contributed by atoms with Crippen LogP contribution in [-0.2, 0) is 0 Å². The second kappa shape index (κ2) is 3.79. The normalized spacial score (nSPS) is 36.7. The van der Waals surface area contributed by atoms with Crippen LogP contribution in [0.25, 0.3) is 0 Å². The first kappa shape index (κ1) is 7.83. The molecule has 0 amide bonds. The van der Waals surface area contributed by atoms with E-state index in [2.05, 4.69) is 29.5 Å². The summed E-state index contributed by atoms with van der Waals surface area (Å²) in [5.74, 6) is 1.06. The molecule has 0 N–H and O–H groups in total. The fraction of sp³-hybridized carbons (Fsp3) is 1.00. The Morgan fingerprint density at radius 1 is 1.44 bits per heavy atom. The molecule has 0 heterocycles. The van der Waals surface area contributed by atoms with Gasteiger partial charge in [-0.2, -0.15) is 0 Å². The molecule has 1 aliphatic rings. The molecule has 0 bridgehead atoms. The van der Waals surface area contributed by atoms with Crippen LogP contribution >= 0.6 is 22.6 Å². The van der Waals surface area contributed by atoms with E-state index in [1.54, 1.807) is 0 Å². The Bertz CT molecular complexity index is 80.6. The predicted molar refractivity (Wildman–Crippen MR) is 50.1 cm³/mol. The van der Waals surface area contributed by atoms with Crippen LogP contribution in [0.3, 0.4) is 0 Å². The van der Waals surface area contributed by atoms with Crippen molar-refractivity contribution < 1.29 is 0 Å². The molecule has 2 atom stereocenters. The van der Waals surface area contributed by atoms with Gasteiger partial charge in [0.1, 0.15) is 0 Å². The molecule has 0 aromatic heterocycles. The van der Waals surface area contributed by atoms with Crippen LogP contribution in [0.2, 0.25) is 0 Å². The molecule has 0 radical (unpaired) electrons. The molecule has 0 saturated heterocycles. The minimum Gasteiger partial charge on any atom is -0.0826 e. The predicted octanol–water partition coefficient (Wildman–Crippen LogP) is 3.39. The molecule has 0 aromatic rings. The van der Waals surface area contributed by atoms with Gasteiger partial charge in [-0.3, -0.25) is 0 Å². The zero-order chi connectivity index (χ0) is 6.69. The maximum Gasteiger partial charge on any atom is 0.0112 e. The van der Waals surface area contributed by atoms with Gasteiger partial charge in [0.05, 0.1) is 0 Å². The summed E-state index contributed by atoms with van der Waals surface area (Å²) in [4.78, 5) is 0. The zero-order valence-electron chi connectivity index (χ0n) is 6.07. The van der Waals surface area contributed by atoms with Crippen LogP contribution in [0, 0.1) is 5.92 Å². The topological polar surface area (TPSA) is 0 Å². The molecule has 0 aromatic carbocycles. The molecule has 0 aliphatic heterocycles. The molecule has 1 unspecified atom stereocenters. The highest BCUT2D eigenvalue weighted by Gasteiger charge is 2.17. The summed E-state index contributed by atoms with van der Waals surface area (Å²) in [7, 11) is 0. The maximum atomic E-state index is 2.60. The molecule has 0 spiro atoms. The first-order chi connectivity index (χ1) is 4.33. The van der Waals surface area contributed by atoms with Gasteiger partial charge < -0.3 is 0 Å². The third kappa shape index (κ3) is 2.44. The monoisotopic (exact) mass is 238 g/mol. The van der Waals surface area contributed by atoms with Gasteiger partial charge in [0.15, 0.2) is 0 Å². The van der Waals surface area contributed by atoms with Crippen molar-refractivity contribution in [1.82, 2.24) is 0 Å².